The Hall–Kier alpha value is -1.91. The minimum atomic E-state index is 0.698. The van der Waals surface area contributed by atoms with Crippen molar-refractivity contribution in [3.8, 4) is 0 Å². The zero-order valence-electron chi connectivity index (χ0n) is 12.3. The summed E-state index contributed by atoms with van der Waals surface area (Å²) in [6.45, 7) is 6.56. The largest absolute Gasteiger partial charge is 0.365 e. The van der Waals surface area contributed by atoms with E-state index < -0.39 is 0 Å². The van der Waals surface area contributed by atoms with E-state index in [2.05, 4.69) is 20.4 Å². The van der Waals surface area contributed by atoms with Crippen LogP contribution in [0.2, 0.25) is 0 Å². The van der Waals surface area contributed by atoms with Gasteiger partial charge >= 0.3 is 0 Å². The van der Waals surface area contributed by atoms with E-state index in [4.69, 9.17) is 4.52 Å². The third kappa shape index (κ3) is 2.40. The average molecular weight is 272 g/mol. The molecule has 106 valence electrons. The van der Waals surface area contributed by atoms with Gasteiger partial charge in [0.05, 0.1) is 5.69 Å². The van der Waals surface area contributed by atoms with E-state index in [-0.39, 0.29) is 0 Å². The lowest BCUT2D eigenvalue weighted by Gasteiger charge is -2.19. The van der Waals surface area contributed by atoms with Crippen LogP contribution in [0, 0.1) is 20.8 Å². The van der Waals surface area contributed by atoms with Gasteiger partial charge in [0.15, 0.2) is 0 Å². The van der Waals surface area contributed by atoms with Crippen LogP contribution in [0.15, 0.2) is 4.52 Å². The zero-order chi connectivity index (χ0) is 14.1. The van der Waals surface area contributed by atoms with Gasteiger partial charge in [0.2, 0.25) is 0 Å². The lowest BCUT2D eigenvalue weighted by Crippen LogP contribution is -2.14. The number of hydrogen-bond acceptors (Lipinski definition) is 5. The highest BCUT2D eigenvalue weighted by Gasteiger charge is 2.17. The molecule has 0 fully saturated rings. The molecule has 1 N–H and O–H groups in total. The first-order valence-corrected chi connectivity index (χ1v) is 7.17. The summed E-state index contributed by atoms with van der Waals surface area (Å²) in [6, 6.07) is 0. The Morgan fingerprint density at radius 3 is 2.65 bits per heavy atom. The summed E-state index contributed by atoms with van der Waals surface area (Å²) in [5.74, 6) is 2.69. The van der Waals surface area contributed by atoms with Gasteiger partial charge in [0, 0.05) is 23.4 Å². The summed E-state index contributed by atoms with van der Waals surface area (Å²) >= 11 is 0. The first-order chi connectivity index (χ1) is 9.65. The molecule has 0 spiro atoms. The summed E-state index contributed by atoms with van der Waals surface area (Å²) in [7, 11) is 0. The Morgan fingerprint density at radius 2 is 1.90 bits per heavy atom. The molecule has 2 aromatic heterocycles. The van der Waals surface area contributed by atoms with E-state index >= 15 is 0 Å². The fraction of sp³-hybridized carbons (Fsp3) is 0.533. The molecule has 0 aromatic carbocycles. The van der Waals surface area contributed by atoms with E-state index in [9.17, 15) is 0 Å². The van der Waals surface area contributed by atoms with Crippen LogP contribution >= 0.6 is 0 Å². The third-order valence-corrected chi connectivity index (χ3v) is 3.91. The van der Waals surface area contributed by atoms with Gasteiger partial charge in [0.25, 0.3) is 0 Å². The third-order valence-electron chi connectivity index (χ3n) is 3.91. The van der Waals surface area contributed by atoms with Gasteiger partial charge in [-0.05, 0) is 46.5 Å². The van der Waals surface area contributed by atoms with Crippen LogP contribution in [0.3, 0.4) is 0 Å². The molecule has 0 amide bonds. The second-order valence-corrected chi connectivity index (χ2v) is 5.41. The lowest BCUT2D eigenvalue weighted by molar-refractivity contribution is 0.392. The molecule has 0 aliphatic heterocycles. The second kappa shape index (κ2) is 5.23. The molecule has 20 heavy (non-hydrogen) atoms. The number of aryl methyl sites for hydroxylation is 4. The van der Waals surface area contributed by atoms with Crippen LogP contribution in [0.5, 0.6) is 0 Å². The van der Waals surface area contributed by atoms with Crippen LogP contribution in [0.25, 0.3) is 0 Å². The maximum atomic E-state index is 5.20. The van der Waals surface area contributed by atoms with Gasteiger partial charge in [-0.25, -0.2) is 9.97 Å². The minimum absolute atomic E-state index is 0.698. The van der Waals surface area contributed by atoms with Gasteiger partial charge in [-0.2, -0.15) is 0 Å². The van der Waals surface area contributed by atoms with Gasteiger partial charge in [-0.15, -0.1) is 0 Å². The Bertz CT molecular complexity index is 614. The molecule has 0 saturated carbocycles. The van der Waals surface area contributed by atoms with Gasteiger partial charge in [0.1, 0.15) is 17.4 Å². The molecule has 0 bridgehead atoms. The molecule has 2 aromatic rings. The van der Waals surface area contributed by atoms with Crippen molar-refractivity contribution in [1.29, 1.82) is 0 Å². The molecule has 0 unspecified atom stereocenters. The Balaban J connectivity index is 1.86. The van der Waals surface area contributed by atoms with E-state index in [1.165, 1.54) is 24.1 Å². The fourth-order valence-corrected chi connectivity index (χ4v) is 2.79. The van der Waals surface area contributed by atoms with Crippen LogP contribution in [-0.4, -0.2) is 15.1 Å². The standard InChI is InChI=1S/C15H20N4O/c1-9-13(10(2)20-19-9)8-16-15-12-6-4-5-7-14(12)17-11(3)18-15/h4-8H2,1-3H3,(H,16,17,18). The highest BCUT2D eigenvalue weighted by Crippen LogP contribution is 2.26. The normalized spacial score (nSPS) is 14.2. The highest BCUT2D eigenvalue weighted by atomic mass is 16.5. The number of fused-ring (bicyclic) bond motifs is 1. The van der Waals surface area contributed by atoms with E-state index in [0.717, 1.165) is 41.5 Å². The number of rotatable bonds is 3. The highest BCUT2D eigenvalue weighted by molar-refractivity contribution is 5.48. The van der Waals surface area contributed by atoms with Crippen molar-refractivity contribution in [3.05, 3.63) is 34.1 Å². The molecule has 3 rings (SSSR count). The van der Waals surface area contributed by atoms with Crippen molar-refractivity contribution in [2.24, 2.45) is 0 Å². The molecule has 5 nitrogen and oxygen atoms in total. The molecule has 0 atom stereocenters. The molecule has 2 heterocycles. The molecule has 1 aliphatic carbocycles. The van der Waals surface area contributed by atoms with Crippen molar-refractivity contribution in [3.63, 3.8) is 0 Å². The Morgan fingerprint density at radius 1 is 1.10 bits per heavy atom. The summed E-state index contributed by atoms with van der Waals surface area (Å²) in [5.41, 5.74) is 4.55. The SMILES string of the molecule is Cc1nc2c(c(NCc3c(C)noc3C)n1)CCCC2. The van der Waals surface area contributed by atoms with Crippen molar-refractivity contribution in [1.82, 2.24) is 15.1 Å². The fourth-order valence-electron chi connectivity index (χ4n) is 2.79. The topological polar surface area (TPSA) is 63.8 Å². The molecule has 0 saturated heterocycles. The Labute approximate surface area is 118 Å². The summed E-state index contributed by atoms with van der Waals surface area (Å²) < 4.78 is 5.20. The second-order valence-electron chi connectivity index (χ2n) is 5.41. The summed E-state index contributed by atoms with van der Waals surface area (Å²) in [5, 5.41) is 7.43. The molecule has 5 heteroatoms. The smallest absolute Gasteiger partial charge is 0.138 e. The lowest BCUT2D eigenvalue weighted by atomic mass is 9.96. The van der Waals surface area contributed by atoms with E-state index in [1.807, 2.05) is 20.8 Å². The molecule has 0 radical (unpaired) electrons. The van der Waals surface area contributed by atoms with E-state index in [1.54, 1.807) is 0 Å². The van der Waals surface area contributed by atoms with Crippen molar-refractivity contribution in [2.45, 2.75) is 53.0 Å². The van der Waals surface area contributed by atoms with Crippen molar-refractivity contribution >= 4 is 5.82 Å². The number of nitrogens with one attached hydrogen (secondary N) is 1. The summed E-state index contributed by atoms with van der Waals surface area (Å²) in [6.07, 6.45) is 4.59. The van der Waals surface area contributed by atoms with Gasteiger partial charge in [-0.1, -0.05) is 5.16 Å². The monoisotopic (exact) mass is 272 g/mol. The maximum Gasteiger partial charge on any atom is 0.138 e. The maximum absolute atomic E-state index is 5.20. The number of anilines is 1. The molecular formula is C15H20N4O. The minimum Gasteiger partial charge on any atom is -0.365 e. The van der Waals surface area contributed by atoms with Crippen LogP contribution in [-0.2, 0) is 19.4 Å². The number of aromatic nitrogens is 3. The van der Waals surface area contributed by atoms with Gasteiger partial charge in [-0.3, -0.25) is 0 Å². The van der Waals surface area contributed by atoms with Crippen LogP contribution in [0.1, 0.15) is 46.9 Å². The molecular weight excluding hydrogens is 252 g/mol. The average Bonchev–Trinajstić information content (AvgIpc) is 2.75. The first kappa shape index (κ1) is 13.1. The number of hydrogen-bond donors (Lipinski definition) is 1. The molecule has 1 aliphatic rings. The Kier molecular flexibility index (Phi) is 3.42. The number of nitrogens with zero attached hydrogens (tertiary/aromatic N) is 3. The van der Waals surface area contributed by atoms with Crippen molar-refractivity contribution in [2.75, 3.05) is 5.32 Å². The first-order valence-electron chi connectivity index (χ1n) is 7.17. The van der Waals surface area contributed by atoms with Gasteiger partial charge < -0.3 is 9.84 Å². The van der Waals surface area contributed by atoms with Crippen LogP contribution in [0.4, 0.5) is 5.82 Å². The zero-order valence-corrected chi connectivity index (χ0v) is 12.3. The predicted molar refractivity (Wildman–Crippen MR) is 76.7 cm³/mol. The quantitative estimate of drug-likeness (QED) is 0.930. The van der Waals surface area contributed by atoms with Crippen molar-refractivity contribution < 1.29 is 4.52 Å². The summed E-state index contributed by atoms with van der Waals surface area (Å²) in [4.78, 5) is 9.14. The predicted octanol–water partition coefficient (Wildman–Crippen LogP) is 2.88. The van der Waals surface area contributed by atoms with Crippen LogP contribution < -0.4 is 5.32 Å². The van der Waals surface area contributed by atoms with E-state index in [0.29, 0.717) is 6.54 Å².